The van der Waals surface area contributed by atoms with E-state index in [0.29, 0.717) is 6.04 Å². The molecule has 0 heterocycles. The Labute approximate surface area is 116 Å². The van der Waals surface area contributed by atoms with Crippen molar-refractivity contribution in [3.05, 3.63) is 60.0 Å². The summed E-state index contributed by atoms with van der Waals surface area (Å²) < 4.78 is 0.102. The molecule has 0 aromatic rings. The SMILES string of the molecule is CC1(I)C=CC=C(NC2C=CC(N)=CC2)C=C1. The molecule has 0 spiro atoms. The molecule has 0 radical (unpaired) electrons. The number of nitrogens with one attached hydrogen (secondary N) is 1. The Balaban J connectivity index is 2.00. The lowest BCUT2D eigenvalue weighted by atomic mass is 10.1. The van der Waals surface area contributed by atoms with Crippen LogP contribution in [0.2, 0.25) is 0 Å². The average Bonchev–Trinajstić information content (AvgIpc) is 2.44. The van der Waals surface area contributed by atoms with Gasteiger partial charge in [-0.15, -0.1) is 0 Å². The van der Waals surface area contributed by atoms with Crippen molar-refractivity contribution in [2.75, 3.05) is 0 Å². The molecule has 0 aliphatic heterocycles. The maximum atomic E-state index is 5.70. The largest absolute Gasteiger partial charge is 0.399 e. The lowest BCUT2D eigenvalue weighted by Gasteiger charge is -2.18. The molecule has 0 aromatic carbocycles. The van der Waals surface area contributed by atoms with Crippen LogP contribution in [-0.2, 0) is 0 Å². The molecule has 2 aliphatic carbocycles. The van der Waals surface area contributed by atoms with E-state index >= 15 is 0 Å². The van der Waals surface area contributed by atoms with Gasteiger partial charge in [-0.1, -0.05) is 53.0 Å². The van der Waals surface area contributed by atoms with Crippen LogP contribution < -0.4 is 11.1 Å². The zero-order valence-electron chi connectivity index (χ0n) is 9.86. The molecule has 0 saturated heterocycles. The van der Waals surface area contributed by atoms with Crippen molar-refractivity contribution >= 4 is 22.6 Å². The van der Waals surface area contributed by atoms with Crippen LogP contribution in [0.25, 0.3) is 0 Å². The van der Waals surface area contributed by atoms with E-state index in [2.05, 4.69) is 77.4 Å². The van der Waals surface area contributed by atoms with Crippen molar-refractivity contribution in [1.29, 1.82) is 0 Å². The molecule has 90 valence electrons. The van der Waals surface area contributed by atoms with Crippen molar-refractivity contribution in [2.45, 2.75) is 22.8 Å². The maximum Gasteiger partial charge on any atom is 0.0559 e. The molecule has 2 nitrogen and oxygen atoms in total. The summed E-state index contributed by atoms with van der Waals surface area (Å²) in [4.78, 5) is 0. The molecule has 2 aliphatic rings. The van der Waals surface area contributed by atoms with Crippen molar-refractivity contribution in [3.8, 4) is 0 Å². The molecule has 3 N–H and O–H groups in total. The summed E-state index contributed by atoms with van der Waals surface area (Å²) in [5.74, 6) is 0. The minimum Gasteiger partial charge on any atom is -0.399 e. The van der Waals surface area contributed by atoms with E-state index in [1.165, 1.54) is 0 Å². The van der Waals surface area contributed by atoms with E-state index in [9.17, 15) is 0 Å². The highest BCUT2D eigenvalue weighted by molar-refractivity contribution is 14.1. The Morgan fingerprint density at radius 2 is 2.24 bits per heavy atom. The first kappa shape index (κ1) is 12.5. The molecular weight excluding hydrogens is 323 g/mol. The van der Waals surface area contributed by atoms with Crippen molar-refractivity contribution in [3.63, 3.8) is 0 Å². The Morgan fingerprint density at radius 3 is 2.94 bits per heavy atom. The van der Waals surface area contributed by atoms with Crippen LogP contribution in [0, 0.1) is 0 Å². The summed E-state index contributed by atoms with van der Waals surface area (Å²) in [6.45, 7) is 2.18. The third-order valence-corrected chi connectivity index (χ3v) is 3.49. The van der Waals surface area contributed by atoms with E-state index in [0.717, 1.165) is 17.8 Å². The highest BCUT2D eigenvalue weighted by atomic mass is 127. The molecular formula is C14H17IN2. The molecule has 2 unspecified atom stereocenters. The van der Waals surface area contributed by atoms with Crippen molar-refractivity contribution in [2.24, 2.45) is 5.73 Å². The zero-order chi connectivity index (χ0) is 12.3. The number of alkyl halides is 1. The number of hydrogen-bond acceptors (Lipinski definition) is 2. The lowest BCUT2D eigenvalue weighted by molar-refractivity contribution is 0.680. The lowest BCUT2D eigenvalue weighted by Crippen LogP contribution is -2.27. The standard InChI is InChI=1S/C14H17IN2/c1-14(15)9-2-3-12(8-10-14)17-13-6-4-11(16)5-7-13/h2-6,8-10,13,17H,7,16H2,1H3. The zero-order valence-corrected chi connectivity index (χ0v) is 12.0. The second-order valence-corrected chi connectivity index (χ2v) is 6.84. The predicted octanol–water partition coefficient (Wildman–Crippen LogP) is 2.95. The van der Waals surface area contributed by atoms with Gasteiger partial charge in [0.05, 0.1) is 3.42 Å². The molecule has 0 saturated carbocycles. The van der Waals surface area contributed by atoms with Gasteiger partial charge in [-0.3, -0.25) is 0 Å². The van der Waals surface area contributed by atoms with Gasteiger partial charge < -0.3 is 11.1 Å². The van der Waals surface area contributed by atoms with Gasteiger partial charge in [-0.25, -0.2) is 0 Å². The van der Waals surface area contributed by atoms with Gasteiger partial charge in [0.15, 0.2) is 0 Å². The topological polar surface area (TPSA) is 38.0 Å². The van der Waals surface area contributed by atoms with Crippen LogP contribution in [0.4, 0.5) is 0 Å². The summed E-state index contributed by atoms with van der Waals surface area (Å²) in [6, 6.07) is 0.338. The number of nitrogens with two attached hydrogens (primary N) is 1. The van der Waals surface area contributed by atoms with Crippen molar-refractivity contribution in [1.82, 2.24) is 5.32 Å². The number of hydrogen-bond donors (Lipinski definition) is 2. The number of halogens is 1. The van der Waals surface area contributed by atoms with Gasteiger partial charge in [-0.2, -0.15) is 0 Å². The number of rotatable bonds is 2. The number of allylic oxidation sites excluding steroid dienone is 6. The maximum absolute atomic E-state index is 5.70. The van der Waals surface area contributed by atoms with Crippen LogP contribution >= 0.6 is 22.6 Å². The summed E-state index contributed by atoms with van der Waals surface area (Å²) in [5, 5.41) is 3.49. The first-order chi connectivity index (χ1) is 8.05. The van der Waals surface area contributed by atoms with E-state index in [4.69, 9.17) is 5.73 Å². The second-order valence-electron chi connectivity index (χ2n) is 4.52. The summed E-state index contributed by atoms with van der Waals surface area (Å²) in [6.07, 6.45) is 17.8. The Kier molecular flexibility index (Phi) is 3.76. The normalized spacial score (nSPS) is 31.8. The van der Waals surface area contributed by atoms with Crippen LogP contribution in [0.15, 0.2) is 60.0 Å². The van der Waals surface area contributed by atoms with Crippen LogP contribution in [-0.4, -0.2) is 9.46 Å². The minimum absolute atomic E-state index is 0.102. The third-order valence-electron chi connectivity index (χ3n) is 2.77. The van der Waals surface area contributed by atoms with Crippen LogP contribution in [0.3, 0.4) is 0 Å². The first-order valence-corrected chi connectivity index (χ1v) is 6.81. The predicted molar refractivity (Wildman–Crippen MR) is 81.7 cm³/mol. The Hall–Kier alpha value is -0.970. The van der Waals surface area contributed by atoms with Gasteiger partial charge in [0.1, 0.15) is 0 Å². The monoisotopic (exact) mass is 340 g/mol. The molecule has 0 fully saturated rings. The van der Waals surface area contributed by atoms with Gasteiger partial charge in [0, 0.05) is 17.4 Å². The van der Waals surface area contributed by atoms with Crippen molar-refractivity contribution < 1.29 is 0 Å². The molecule has 17 heavy (non-hydrogen) atoms. The van der Waals surface area contributed by atoms with Crippen LogP contribution in [0.1, 0.15) is 13.3 Å². The average molecular weight is 340 g/mol. The Bertz CT molecular complexity index is 439. The molecule has 3 heteroatoms. The molecule has 0 aromatic heterocycles. The minimum atomic E-state index is 0.102. The van der Waals surface area contributed by atoms with Gasteiger partial charge >= 0.3 is 0 Å². The van der Waals surface area contributed by atoms with E-state index in [-0.39, 0.29) is 3.42 Å². The highest BCUT2D eigenvalue weighted by Crippen LogP contribution is 2.24. The molecule has 0 bridgehead atoms. The van der Waals surface area contributed by atoms with E-state index in [1.807, 2.05) is 6.08 Å². The quantitative estimate of drug-likeness (QED) is 0.599. The fourth-order valence-electron chi connectivity index (χ4n) is 1.76. The molecule has 0 amide bonds. The molecule has 2 rings (SSSR count). The summed E-state index contributed by atoms with van der Waals surface area (Å²) in [5.41, 5.74) is 7.69. The Morgan fingerprint density at radius 1 is 1.41 bits per heavy atom. The fourth-order valence-corrected chi connectivity index (χ4v) is 2.15. The van der Waals surface area contributed by atoms with Gasteiger partial charge in [0.25, 0.3) is 0 Å². The fraction of sp³-hybridized carbons (Fsp3) is 0.286. The highest BCUT2D eigenvalue weighted by Gasteiger charge is 2.13. The van der Waals surface area contributed by atoms with E-state index in [1.54, 1.807) is 0 Å². The summed E-state index contributed by atoms with van der Waals surface area (Å²) in [7, 11) is 0. The smallest absolute Gasteiger partial charge is 0.0559 e. The second kappa shape index (κ2) is 5.12. The molecule has 2 atom stereocenters. The van der Waals surface area contributed by atoms with Gasteiger partial charge in [0.2, 0.25) is 0 Å². The van der Waals surface area contributed by atoms with Gasteiger partial charge in [-0.05, 0) is 31.6 Å². The summed E-state index contributed by atoms with van der Waals surface area (Å²) >= 11 is 2.42. The third kappa shape index (κ3) is 3.77. The van der Waals surface area contributed by atoms with Crippen LogP contribution in [0.5, 0.6) is 0 Å². The first-order valence-electron chi connectivity index (χ1n) is 5.73. The van der Waals surface area contributed by atoms with E-state index < -0.39 is 0 Å².